The molecular weight excluding hydrogens is 190 g/mol. The lowest BCUT2D eigenvalue weighted by atomic mass is 9.86. The highest BCUT2D eigenvalue weighted by Crippen LogP contribution is 2.34. The minimum Gasteiger partial charge on any atom is -0.326 e. The van der Waals surface area contributed by atoms with Gasteiger partial charge in [-0.05, 0) is 19.8 Å². The highest BCUT2D eigenvalue weighted by atomic mass is 16.2. The second-order valence-corrected chi connectivity index (χ2v) is 5.17. The molecule has 0 aliphatic carbocycles. The van der Waals surface area contributed by atoms with Crippen LogP contribution >= 0.6 is 0 Å². The number of nitrogens with zero attached hydrogens (tertiary/aromatic N) is 2. The van der Waals surface area contributed by atoms with Crippen LogP contribution in [0.15, 0.2) is 0 Å². The van der Waals surface area contributed by atoms with Crippen molar-refractivity contribution in [2.75, 3.05) is 13.6 Å². The maximum atomic E-state index is 11.9. The summed E-state index contributed by atoms with van der Waals surface area (Å²) in [5.41, 5.74) is 5.68. The number of hydrogen-bond donors (Lipinski definition) is 1. The van der Waals surface area contributed by atoms with Crippen LogP contribution in [0.25, 0.3) is 0 Å². The molecule has 88 valence electrons. The fourth-order valence-electron chi connectivity index (χ4n) is 2.03. The molecule has 1 amide bonds. The molecule has 1 aliphatic rings. The van der Waals surface area contributed by atoms with Gasteiger partial charge in [-0.1, -0.05) is 13.8 Å². The van der Waals surface area contributed by atoms with Crippen LogP contribution in [0.5, 0.6) is 0 Å². The molecule has 1 aliphatic heterocycles. The first-order valence-corrected chi connectivity index (χ1v) is 5.58. The maximum absolute atomic E-state index is 11.9. The lowest BCUT2D eigenvalue weighted by molar-refractivity contribution is -0.139. The van der Waals surface area contributed by atoms with Gasteiger partial charge in [0.15, 0.2) is 0 Å². The van der Waals surface area contributed by atoms with Crippen LogP contribution < -0.4 is 5.73 Å². The monoisotopic (exact) mass is 213 g/mol. The van der Waals surface area contributed by atoms with E-state index in [0.29, 0.717) is 18.9 Å². The van der Waals surface area contributed by atoms with Crippen molar-refractivity contribution in [3.63, 3.8) is 0 Å². The van der Waals surface area contributed by atoms with Gasteiger partial charge in [0.1, 0.15) is 0 Å². The van der Waals surface area contributed by atoms with Crippen molar-refractivity contribution in [2.24, 2.45) is 11.7 Å². The fraction of sp³-hybridized carbons (Fsp3) is 0.909. The SMILES string of the molecule is CC(N)CN1C(=O)CC(C)(C(C)C)N1C. The van der Waals surface area contributed by atoms with Crippen molar-refractivity contribution in [3.05, 3.63) is 0 Å². The molecule has 0 aromatic rings. The molecule has 2 unspecified atom stereocenters. The van der Waals surface area contributed by atoms with E-state index in [1.165, 1.54) is 0 Å². The van der Waals surface area contributed by atoms with Gasteiger partial charge >= 0.3 is 0 Å². The van der Waals surface area contributed by atoms with Gasteiger partial charge < -0.3 is 5.73 Å². The van der Waals surface area contributed by atoms with Crippen molar-refractivity contribution in [1.29, 1.82) is 0 Å². The van der Waals surface area contributed by atoms with Crippen LogP contribution in [0.3, 0.4) is 0 Å². The van der Waals surface area contributed by atoms with E-state index in [4.69, 9.17) is 5.73 Å². The normalized spacial score (nSPS) is 30.3. The van der Waals surface area contributed by atoms with Crippen molar-refractivity contribution < 1.29 is 4.79 Å². The molecule has 0 radical (unpaired) electrons. The lowest BCUT2D eigenvalue weighted by Crippen LogP contribution is -2.51. The molecule has 1 heterocycles. The number of carbonyl (C=O) groups excluding carboxylic acids is 1. The molecule has 0 aromatic carbocycles. The van der Waals surface area contributed by atoms with Crippen molar-refractivity contribution >= 4 is 5.91 Å². The molecule has 2 N–H and O–H groups in total. The molecule has 0 saturated carbocycles. The first-order valence-electron chi connectivity index (χ1n) is 5.58. The fourth-order valence-corrected chi connectivity index (χ4v) is 2.03. The van der Waals surface area contributed by atoms with Crippen LogP contribution in [0.1, 0.15) is 34.1 Å². The summed E-state index contributed by atoms with van der Waals surface area (Å²) in [6.45, 7) is 8.97. The molecule has 0 bridgehead atoms. The summed E-state index contributed by atoms with van der Waals surface area (Å²) in [6.07, 6.45) is 0.591. The Morgan fingerprint density at radius 3 is 2.33 bits per heavy atom. The van der Waals surface area contributed by atoms with Gasteiger partial charge in [0.05, 0.1) is 6.54 Å². The zero-order valence-corrected chi connectivity index (χ0v) is 10.4. The maximum Gasteiger partial charge on any atom is 0.238 e. The molecule has 15 heavy (non-hydrogen) atoms. The number of nitrogens with two attached hydrogens (primary N) is 1. The number of carbonyl (C=O) groups is 1. The third-order valence-corrected chi connectivity index (χ3v) is 3.60. The van der Waals surface area contributed by atoms with E-state index in [-0.39, 0.29) is 17.5 Å². The van der Waals surface area contributed by atoms with Gasteiger partial charge in [0.2, 0.25) is 5.91 Å². The Bertz CT molecular complexity index is 252. The first kappa shape index (κ1) is 12.5. The summed E-state index contributed by atoms with van der Waals surface area (Å²) in [7, 11) is 1.98. The van der Waals surface area contributed by atoms with Gasteiger partial charge in [-0.2, -0.15) is 0 Å². The average Bonchev–Trinajstić information content (AvgIpc) is 2.30. The number of hydrazine groups is 1. The Balaban J connectivity index is 2.83. The van der Waals surface area contributed by atoms with Crippen LogP contribution in [0.2, 0.25) is 0 Å². The lowest BCUT2D eigenvalue weighted by Gasteiger charge is -2.39. The summed E-state index contributed by atoms with van der Waals surface area (Å²) in [5.74, 6) is 0.635. The Hall–Kier alpha value is -0.610. The number of rotatable bonds is 3. The topological polar surface area (TPSA) is 49.6 Å². The van der Waals surface area contributed by atoms with Gasteiger partial charge in [-0.15, -0.1) is 0 Å². The van der Waals surface area contributed by atoms with Gasteiger partial charge in [-0.3, -0.25) is 9.80 Å². The summed E-state index contributed by atoms with van der Waals surface area (Å²) in [6, 6.07) is 0.0194. The average molecular weight is 213 g/mol. The highest BCUT2D eigenvalue weighted by molar-refractivity contribution is 5.79. The standard InChI is InChI=1S/C11H23N3O/c1-8(2)11(4)6-10(15)14(13(11)5)7-9(3)12/h8-9H,6-7,12H2,1-5H3. The van der Waals surface area contributed by atoms with Crippen molar-refractivity contribution in [1.82, 2.24) is 10.0 Å². The van der Waals surface area contributed by atoms with Gasteiger partial charge in [-0.25, -0.2) is 5.01 Å². The van der Waals surface area contributed by atoms with Crippen LogP contribution in [-0.4, -0.2) is 41.1 Å². The number of hydrogen-bond acceptors (Lipinski definition) is 3. The van der Waals surface area contributed by atoms with Gasteiger partial charge in [0.25, 0.3) is 0 Å². The van der Waals surface area contributed by atoms with Crippen molar-refractivity contribution in [2.45, 2.75) is 45.7 Å². The third kappa shape index (κ3) is 2.16. The Labute approximate surface area is 92.4 Å². The molecular formula is C11H23N3O. The Morgan fingerprint density at radius 1 is 1.47 bits per heavy atom. The molecule has 1 saturated heterocycles. The minimum absolute atomic E-state index is 0.0194. The Kier molecular flexibility index (Phi) is 3.41. The highest BCUT2D eigenvalue weighted by Gasteiger charge is 2.46. The van der Waals surface area contributed by atoms with E-state index in [2.05, 4.69) is 25.8 Å². The van der Waals surface area contributed by atoms with E-state index in [1.807, 2.05) is 14.0 Å². The second-order valence-electron chi connectivity index (χ2n) is 5.17. The number of amides is 1. The summed E-state index contributed by atoms with van der Waals surface area (Å²) < 4.78 is 0. The van der Waals surface area contributed by atoms with Gasteiger partial charge in [0, 0.05) is 25.0 Å². The molecule has 1 rings (SSSR count). The second kappa shape index (κ2) is 4.10. The summed E-state index contributed by atoms with van der Waals surface area (Å²) >= 11 is 0. The first-order chi connectivity index (χ1) is 6.79. The predicted octanol–water partition coefficient (Wildman–Crippen LogP) is 0.827. The Morgan fingerprint density at radius 2 is 2.00 bits per heavy atom. The van der Waals surface area contributed by atoms with Crippen LogP contribution in [0.4, 0.5) is 0 Å². The minimum atomic E-state index is -0.0635. The zero-order valence-electron chi connectivity index (χ0n) is 10.4. The van der Waals surface area contributed by atoms with E-state index >= 15 is 0 Å². The van der Waals surface area contributed by atoms with E-state index in [1.54, 1.807) is 5.01 Å². The molecule has 4 heteroatoms. The molecule has 0 aromatic heterocycles. The largest absolute Gasteiger partial charge is 0.326 e. The van der Waals surface area contributed by atoms with Crippen molar-refractivity contribution in [3.8, 4) is 0 Å². The van der Waals surface area contributed by atoms with Crippen LogP contribution in [0, 0.1) is 5.92 Å². The third-order valence-electron chi connectivity index (χ3n) is 3.60. The molecule has 2 atom stereocenters. The summed E-state index contributed by atoms with van der Waals surface area (Å²) in [5, 5.41) is 3.84. The zero-order chi connectivity index (χ0) is 11.8. The predicted molar refractivity (Wildman–Crippen MR) is 61.0 cm³/mol. The summed E-state index contributed by atoms with van der Waals surface area (Å²) in [4.78, 5) is 11.9. The van der Waals surface area contributed by atoms with E-state index in [0.717, 1.165) is 0 Å². The van der Waals surface area contributed by atoms with E-state index in [9.17, 15) is 4.79 Å². The van der Waals surface area contributed by atoms with Crippen LogP contribution in [-0.2, 0) is 4.79 Å². The smallest absolute Gasteiger partial charge is 0.238 e. The molecule has 0 spiro atoms. The van der Waals surface area contributed by atoms with E-state index < -0.39 is 0 Å². The molecule has 4 nitrogen and oxygen atoms in total. The molecule has 1 fully saturated rings. The quantitative estimate of drug-likeness (QED) is 0.755.